The van der Waals surface area contributed by atoms with Crippen LogP contribution in [0.4, 0.5) is 0 Å². The molecule has 0 unspecified atom stereocenters. The minimum Gasteiger partial charge on any atom is -0.478 e. The zero-order valence-corrected chi connectivity index (χ0v) is 12.7. The third-order valence-corrected chi connectivity index (χ3v) is 4.87. The molecule has 1 aromatic carbocycles. The fourth-order valence-electron chi connectivity index (χ4n) is 2.12. The Morgan fingerprint density at radius 2 is 1.95 bits per heavy atom. The number of carboxylic acids is 1. The normalized spacial score (nSPS) is 11.7. The number of rotatable bonds is 5. The quantitative estimate of drug-likeness (QED) is 0.919. The SMILES string of the molecule is C=Cc1ccn(S(=O)(=O)c2ccccc2C(=O)O)c1/C=C\C. The van der Waals surface area contributed by atoms with Crippen molar-refractivity contribution in [3.63, 3.8) is 0 Å². The average Bonchev–Trinajstić information content (AvgIpc) is 2.91. The molecule has 22 heavy (non-hydrogen) atoms. The van der Waals surface area contributed by atoms with Crippen molar-refractivity contribution in [2.24, 2.45) is 0 Å². The van der Waals surface area contributed by atoms with Gasteiger partial charge in [-0.05, 0) is 31.2 Å². The summed E-state index contributed by atoms with van der Waals surface area (Å²) in [4.78, 5) is 11.0. The number of aromatic carboxylic acids is 1. The van der Waals surface area contributed by atoms with Gasteiger partial charge in [-0.2, -0.15) is 0 Å². The van der Waals surface area contributed by atoms with Crippen molar-refractivity contribution in [2.45, 2.75) is 11.8 Å². The van der Waals surface area contributed by atoms with Crippen LogP contribution in [0.1, 0.15) is 28.5 Å². The Kier molecular flexibility index (Phi) is 4.32. The Bertz CT molecular complexity index is 860. The van der Waals surface area contributed by atoms with Gasteiger partial charge in [-0.25, -0.2) is 17.2 Å². The Balaban J connectivity index is 2.75. The summed E-state index contributed by atoms with van der Waals surface area (Å²) < 4.78 is 26.7. The standard InChI is InChI=1S/C16H15NO4S/c1-3-7-14-12(4-2)10-11-17(14)22(20,21)15-9-6-5-8-13(15)16(18)19/h3-11H,2H2,1H3,(H,18,19)/b7-3-. The monoisotopic (exact) mass is 317 g/mol. The molecule has 1 heterocycles. The van der Waals surface area contributed by atoms with Crippen LogP contribution < -0.4 is 0 Å². The molecule has 1 aromatic heterocycles. The first-order chi connectivity index (χ1) is 10.4. The molecule has 0 saturated carbocycles. The smallest absolute Gasteiger partial charge is 0.337 e. The molecule has 0 bridgehead atoms. The van der Waals surface area contributed by atoms with Gasteiger partial charge in [-0.3, -0.25) is 0 Å². The van der Waals surface area contributed by atoms with Crippen LogP contribution in [0, 0.1) is 0 Å². The van der Waals surface area contributed by atoms with Crippen molar-refractivity contribution >= 4 is 28.1 Å². The third-order valence-electron chi connectivity index (χ3n) is 3.12. The maximum atomic E-state index is 12.8. The summed E-state index contributed by atoms with van der Waals surface area (Å²) >= 11 is 0. The predicted octanol–water partition coefficient (Wildman–Crippen LogP) is 3.10. The van der Waals surface area contributed by atoms with Gasteiger partial charge in [0.2, 0.25) is 0 Å². The van der Waals surface area contributed by atoms with Gasteiger partial charge in [0.1, 0.15) is 4.90 Å². The highest BCUT2D eigenvalue weighted by Crippen LogP contribution is 2.24. The minimum absolute atomic E-state index is 0.250. The Labute approximate surface area is 128 Å². The molecule has 0 amide bonds. The highest BCUT2D eigenvalue weighted by atomic mass is 32.2. The summed E-state index contributed by atoms with van der Waals surface area (Å²) in [7, 11) is -4.02. The second-order valence-corrected chi connectivity index (χ2v) is 6.25. The van der Waals surface area contributed by atoms with Crippen molar-refractivity contribution < 1.29 is 18.3 Å². The van der Waals surface area contributed by atoms with Crippen molar-refractivity contribution in [3.8, 4) is 0 Å². The van der Waals surface area contributed by atoms with Gasteiger partial charge in [0, 0.05) is 11.8 Å². The average molecular weight is 317 g/mol. The van der Waals surface area contributed by atoms with Crippen molar-refractivity contribution in [3.05, 3.63) is 66.0 Å². The highest BCUT2D eigenvalue weighted by Gasteiger charge is 2.25. The topological polar surface area (TPSA) is 76.4 Å². The minimum atomic E-state index is -4.02. The zero-order chi connectivity index (χ0) is 16.3. The lowest BCUT2D eigenvalue weighted by Crippen LogP contribution is -2.17. The second-order valence-electron chi connectivity index (χ2n) is 4.46. The first-order valence-electron chi connectivity index (χ1n) is 6.48. The molecular formula is C16H15NO4S. The summed E-state index contributed by atoms with van der Waals surface area (Å²) in [6.07, 6.45) is 6.28. The maximum Gasteiger partial charge on any atom is 0.337 e. The van der Waals surface area contributed by atoms with Gasteiger partial charge in [0.05, 0.1) is 11.3 Å². The van der Waals surface area contributed by atoms with Gasteiger partial charge in [0.25, 0.3) is 10.0 Å². The first kappa shape index (κ1) is 15.8. The highest BCUT2D eigenvalue weighted by molar-refractivity contribution is 7.90. The molecule has 0 atom stereocenters. The molecule has 5 nitrogen and oxygen atoms in total. The summed E-state index contributed by atoms with van der Waals surface area (Å²) in [5.41, 5.74) is 0.815. The second kappa shape index (κ2) is 6.03. The number of allylic oxidation sites excluding steroid dienone is 1. The summed E-state index contributed by atoms with van der Waals surface area (Å²) in [5, 5.41) is 9.20. The number of nitrogens with zero attached hydrogens (tertiary/aromatic N) is 1. The molecule has 0 aliphatic carbocycles. The van der Waals surface area contributed by atoms with Crippen LogP contribution in [0.5, 0.6) is 0 Å². The van der Waals surface area contributed by atoms with Gasteiger partial charge >= 0.3 is 5.97 Å². The molecule has 0 radical (unpaired) electrons. The van der Waals surface area contributed by atoms with E-state index >= 15 is 0 Å². The number of aromatic nitrogens is 1. The van der Waals surface area contributed by atoms with Crippen LogP contribution in [-0.2, 0) is 10.0 Å². The summed E-state index contributed by atoms with van der Waals surface area (Å²) in [5.74, 6) is -1.29. The number of carboxylic acid groups (broad SMARTS) is 1. The molecule has 0 saturated heterocycles. The van der Waals surface area contributed by atoms with E-state index < -0.39 is 16.0 Å². The number of hydrogen-bond donors (Lipinski definition) is 1. The van der Waals surface area contributed by atoms with Gasteiger partial charge in [-0.15, -0.1) is 0 Å². The molecule has 0 fully saturated rings. The molecule has 6 heteroatoms. The predicted molar refractivity (Wildman–Crippen MR) is 85.2 cm³/mol. The lowest BCUT2D eigenvalue weighted by molar-refractivity contribution is 0.0692. The number of hydrogen-bond acceptors (Lipinski definition) is 3. The van der Waals surface area contributed by atoms with Crippen LogP contribution in [0.3, 0.4) is 0 Å². The van der Waals surface area contributed by atoms with Crippen molar-refractivity contribution in [1.29, 1.82) is 0 Å². The Morgan fingerprint density at radius 1 is 1.27 bits per heavy atom. The third kappa shape index (κ3) is 2.60. The molecule has 0 aliphatic rings. The molecular weight excluding hydrogens is 302 g/mol. The molecule has 0 spiro atoms. The molecule has 114 valence electrons. The van der Waals surface area contributed by atoms with Gasteiger partial charge in [0.15, 0.2) is 0 Å². The lowest BCUT2D eigenvalue weighted by atomic mass is 10.2. The summed E-state index contributed by atoms with van der Waals surface area (Å²) in [6.45, 7) is 5.42. The zero-order valence-electron chi connectivity index (χ0n) is 11.9. The van der Waals surface area contributed by atoms with E-state index in [1.54, 1.807) is 31.2 Å². The van der Waals surface area contributed by atoms with Gasteiger partial charge in [-0.1, -0.05) is 30.9 Å². The fourth-order valence-corrected chi connectivity index (χ4v) is 3.67. The van der Waals surface area contributed by atoms with E-state index in [1.807, 2.05) is 0 Å². The molecule has 2 rings (SSSR count). The number of carbonyl (C=O) groups is 1. The molecule has 1 N–H and O–H groups in total. The first-order valence-corrected chi connectivity index (χ1v) is 7.92. The maximum absolute atomic E-state index is 12.8. The van der Waals surface area contributed by atoms with E-state index in [9.17, 15) is 18.3 Å². The van der Waals surface area contributed by atoms with Crippen LogP contribution in [-0.4, -0.2) is 23.5 Å². The Hall–Kier alpha value is -2.60. The van der Waals surface area contributed by atoms with Crippen molar-refractivity contribution in [1.82, 2.24) is 3.97 Å². The van der Waals surface area contributed by atoms with Gasteiger partial charge < -0.3 is 5.11 Å². The van der Waals surface area contributed by atoms with Crippen LogP contribution in [0.15, 0.2) is 54.1 Å². The molecule has 2 aromatic rings. The van der Waals surface area contributed by atoms with E-state index in [0.29, 0.717) is 11.3 Å². The largest absolute Gasteiger partial charge is 0.478 e. The van der Waals surface area contributed by atoms with Crippen LogP contribution in [0.25, 0.3) is 12.2 Å². The lowest BCUT2D eigenvalue weighted by Gasteiger charge is -2.11. The number of benzene rings is 1. The summed E-state index contributed by atoms with van der Waals surface area (Å²) in [6, 6.07) is 7.14. The molecule has 0 aliphatic heterocycles. The van der Waals surface area contributed by atoms with E-state index in [4.69, 9.17) is 0 Å². The van der Waals surface area contributed by atoms with E-state index in [1.165, 1.54) is 30.5 Å². The van der Waals surface area contributed by atoms with E-state index in [0.717, 1.165) is 3.97 Å². The van der Waals surface area contributed by atoms with Crippen molar-refractivity contribution in [2.75, 3.05) is 0 Å². The van der Waals surface area contributed by atoms with E-state index in [-0.39, 0.29) is 10.5 Å². The Morgan fingerprint density at radius 3 is 2.55 bits per heavy atom. The fraction of sp³-hybridized carbons (Fsp3) is 0.0625. The van der Waals surface area contributed by atoms with Crippen LogP contribution in [0.2, 0.25) is 0 Å². The van der Waals surface area contributed by atoms with E-state index in [2.05, 4.69) is 6.58 Å². The van der Waals surface area contributed by atoms with Crippen LogP contribution >= 0.6 is 0 Å².